The van der Waals surface area contributed by atoms with Crippen molar-refractivity contribution in [3.63, 3.8) is 0 Å². The summed E-state index contributed by atoms with van der Waals surface area (Å²) in [6, 6.07) is 17.6. The van der Waals surface area contributed by atoms with Crippen LogP contribution in [0.1, 0.15) is 15.9 Å². The average Bonchev–Trinajstić information content (AvgIpc) is 2.73. The molecule has 0 aromatic heterocycles. The number of non-ortho nitro benzene ring substituents is 2. The molecule has 29 heavy (non-hydrogen) atoms. The number of hydrogen-bond acceptors (Lipinski definition) is 7. The van der Waals surface area contributed by atoms with Gasteiger partial charge in [0.25, 0.3) is 11.4 Å². The lowest BCUT2D eigenvalue weighted by atomic mass is 10.2. The molecule has 0 saturated heterocycles. The summed E-state index contributed by atoms with van der Waals surface area (Å²) in [5.74, 6) is 0.292. The maximum atomic E-state index is 12.1. The van der Waals surface area contributed by atoms with Crippen molar-refractivity contribution in [2.75, 3.05) is 0 Å². The largest absolute Gasteiger partial charge is 0.457 e. The molecule has 9 heteroatoms. The number of carbonyl (C=O) groups is 1. The first-order chi connectivity index (χ1) is 13.9. The number of nitrogens with zero attached hydrogens (tertiary/aromatic N) is 2. The van der Waals surface area contributed by atoms with Crippen molar-refractivity contribution in [3.8, 4) is 11.5 Å². The molecule has 0 radical (unpaired) electrons. The Balaban J connectivity index is 1.61. The van der Waals surface area contributed by atoms with Crippen molar-refractivity contribution in [3.05, 3.63) is 104 Å². The van der Waals surface area contributed by atoms with E-state index in [4.69, 9.17) is 9.47 Å². The van der Waals surface area contributed by atoms with Crippen LogP contribution in [0.4, 0.5) is 11.4 Å². The van der Waals surface area contributed by atoms with Gasteiger partial charge in [0.05, 0.1) is 15.4 Å². The Hall–Kier alpha value is -4.27. The Morgan fingerprint density at radius 1 is 0.793 bits per heavy atom. The lowest BCUT2D eigenvalue weighted by molar-refractivity contribution is -0.385. The third-order valence-corrected chi connectivity index (χ3v) is 3.87. The fourth-order valence-electron chi connectivity index (χ4n) is 2.42. The van der Waals surface area contributed by atoms with E-state index in [0.29, 0.717) is 17.1 Å². The van der Waals surface area contributed by atoms with E-state index < -0.39 is 15.8 Å². The standard InChI is InChI=1S/C20H14N2O7/c23-20(15-4-6-16(7-5-15)21(24)25)28-13-14-2-1-3-19(12-14)29-18-10-8-17(9-11-18)22(26)27/h1-12H,13H2. The predicted molar refractivity (Wildman–Crippen MR) is 102 cm³/mol. The van der Waals surface area contributed by atoms with Crippen LogP contribution in [0.15, 0.2) is 72.8 Å². The van der Waals surface area contributed by atoms with Gasteiger partial charge in [0, 0.05) is 24.3 Å². The minimum absolute atomic E-state index is 0.0206. The van der Waals surface area contributed by atoms with E-state index in [1.807, 2.05) is 0 Å². The molecule has 0 N–H and O–H groups in total. The Labute approximate surface area is 164 Å². The van der Waals surface area contributed by atoms with Crippen LogP contribution in [-0.4, -0.2) is 15.8 Å². The monoisotopic (exact) mass is 394 g/mol. The number of benzene rings is 3. The van der Waals surface area contributed by atoms with E-state index in [0.717, 1.165) is 0 Å². The highest BCUT2D eigenvalue weighted by molar-refractivity contribution is 5.89. The van der Waals surface area contributed by atoms with Gasteiger partial charge >= 0.3 is 5.97 Å². The molecule has 0 spiro atoms. The van der Waals surface area contributed by atoms with Crippen LogP contribution in [0.3, 0.4) is 0 Å². The van der Waals surface area contributed by atoms with E-state index in [1.54, 1.807) is 24.3 Å². The first kappa shape index (κ1) is 19.5. The van der Waals surface area contributed by atoms with Crippen molar-refractivity contribution in [2.45, 2.75) is 6.61 Å². The number of carbonyl (C=O) groups excluding carboxylic acids is 1. The summed E-state index contributed by atoms with van der Waals surface area (Å²) < 4.78 is 10.9. The highest BCUT2D eigenvalue weighted by Crippen LogP contribution is 2.25. The summed E-state index contributed by atoms with van der Waals surface area (Å²) in [6.07, 6.45) is 0. The molecule has 3 aromatic carbocycles. The second kappa shape index (κ2) is 8.61. The zero-order valence-electron chi connectivity index (χ0n) is 14.9. The first-order valence-electron chi connectivity index (χ1n) is 8.35. The minimum atomic E-state index is -0.610. The molecular formula is C20H14N2O7. The maximum Gasteiger partial charge on any atom is 0.338 e. The quantitative estimate of drug-likeness (QED) is 0.325. The lowest BCUT2D eigenvalue weighted by Gasteiger charge is -2.08. The van der Waals surface area contributed by atoms with Crippen LogP contribution >= 0.6 is 0 Å². The second-order valence-electron chi connectivity index (χ2n) is 5.88. The molecule has 0 atom stereocenters. The van der Waals surface area contributed by atoms with Crippen molar-refractivity contribution in [1.29, 1.82) is 0 Å². The van der Waals surface area contributed by atoms with Crippen molar-refractivity contribution < 1.29 is 24.1 Å². The number of nitro benzene ring substituents is 2. The fraction of sp³-hybridized carbons (Fsp3) is 0.0500. The molecule has 146 valence electrons. The van der Waals surface area contributed by atoms with E-state index in [1.165, 1.54) is 48.5 Å². The zero-order chi connectivity index (χ0) is 20.8. The minimum Gasteiger partial charge on any atom is -0.457 e. The summed E-state index contributed by atoms with van der Waals surface area (Å²) >= 11 is 0. The Morgan fingerprint density at radius 3 is 1.97 bits per heavy atom. The third-order valence-electron chi connectivity index (χ3n) is 3.87. The highest BCUT2D eigenvalue weighted by atomic mass is 16.6. The summed E-state index contributed by atoms with van der Waals surface area (Å²) in [7, 11) is 0. The summed E-state index contributed by atoms with van der Waals surface area (Å²) in [6.45, 7) is -0.0206. The predicted octanol–water partition coefficient (Wildman–Crippen LogP) is 4.65. The van der Waals surface area contributed by atoms with Crippen LogP contribution < -0.4 is 4.74 Å². The van der Waals surface area contributed by atoms with E-state index in [-0.39, 0.29) is 23.5 Å². The smallest absolute Gasteiger partial charge is 0.338 e. The molecule has 3 rings (SSSR count). The Bertz CT molecular complexity index is 1050. The van der Waals surface area contributed by atoms with E-state index >= 15 is 0 Å². The summed E-state index contributed by atoms with van der Waals surface area (Å²) in [5, 5.41) is 21.3. The van der Waals surface area contributed by atoms with Crippen molar-refractivity contribution in [2.24, 2.45) is 0 Å². The Kier molecular flexibility index (Phi) is 5.79. The number of nitro groups is 2. The van der Waals surface area contributed by atoms with E-state index in [9.17, 15) is 25.0 Å². The molecule has 0 aliphatic carbocycles. The SMILES string of the molecule is O=C(OCc1cccc(Oc2ccc([N+](=O)[O-])cc2)c1)c1ccc([N+](=O)[O-])cc1. The molecule has 0 bridgehead atoms. The van der Waals surface area contributed by atoms with Crippen molar-refractivity contribution in [1.82, 2.24) is 0 Å². The number of ether oxygens (including phenoxy) is 2. The van der Waals surface area contributed by atoms with Gasteiger partial charge in [0.15, 0.2) is 0 Å². The number of hydrogen-bond donors (Lipinski definition) is 0. The molecule has 0 heterocycles. The lowest BCUT2D eigenvalue weighted by Crippen LogP contribution is -2.05. The van der Waals surface area contributed by atoms with Gasteiger partial charge in [-0.15, -0.1) is 0 Å². The van der Waals surface area contributed by atoms with Crippen LogP contribution in [0, 0.1) is 20.2 Å². The van der Waals surface area contributed by atoms with Crippen LogP contribution in [0.5, 0.6) is 11.5 Å². The van der Waals surface area contributed by atoms with Gasteiger partial charge in [-0.2, -0.15) is 0 Å². The summed E-state index contributed by atoms with van der Waals surface area (Å²) in [4.78, 5) is 32.4. The second-order valence-corrected chi connectivity index (χ2v) is 5.88. The van der Waals surface area contributed by atoms with Gasteiger partial charge < -0.3 is 9.47 Å². The van der Waals surface area contributed by atoms with Crippen LogP contribution in [-0.2, 0) is 11.3 Å². The first-order valence-corrected chi connectivity index (χ1v) is 8.35. The molecule has 0 fully saturated rings. The summed E-state index contributed by atoms with van der Waals surface area (Å²) in [5.41, 5.74) is 0.718. The maximum absolute atomic E-state index is 12.1. The van der Waals surface area contributed by atoms with Gasteiger partial charge in [0.1, 0.15) is 18.1 Å². The number of rotatable bonds is 7. The topological polar surface area (TPSA) is 122 Å². The molecular weight excluding hydrogens is 380 g/mol. The van der Waals surface area contributed by atoms with Crippen molar-refractivity contribution >= 4 is 17.3 Å². The van der Waals surface area contributed by atoms with Crippen LogP contribution in [0.2, 0.25) is 0 Å². The molecule has 0 aliphatic heterocycles. The molecule has 0 unspecified atom stereocenters. The molecule has 3 aromatic rings. The van der Waals surface area contributed by atoms with E-state index in [2.05, 4.69) is 0 Å². The van der Waals surface area contributed by atoms with Crippen LogP contribution in [0.25, 0.3) is 0 Å². The number of esters is 1. The molecule has 9 nitrogen and oxygen atoms in total. The molecule has 0 saturated carbocycles. The van der Waals surface area contributed by atoms with Gasteiger partial charge in [-0.3, -0.25) is 20.2 Å². The van der Waals surface area contributed by atoms with Gasteiger partial charge in [0.2, 0.25) is 0 Å². The van der Waals surface area contributed by atoms with Gasteiger partial charge in [-0.1, -0.05) is 12.1 Å². The normalized spacial score (nSPS) is 10.2. The highest BCUT2D eigenvalue weighted by Gasteiger charge is 2.11. The van der Waals surface area contributed by atoms with Gasteiger partial charge in [-0.05, 0) is 42.0 Å². The zero-order valence-corrected chi connectivity index (χ0v) is 14.9. The average molecular weight is 394 g/mol. The Morgan fingerprint density at radius 2 is 1.38 bits per heavy atom. The molecule has 0 amide bonds. The van der Waals surface area contributed by atoms with Gasteiger partial charge in [-0.25, -0.2) is 4.79 Å². The fourth-order valence-corrected chi connectivity index (χ4v) is 2.42. The third kappa shape index (κ3) is 5.13. The molecule has 0 aliphatic rings.